The third-order valence-electron chi connectivity index (χ3n) is 4.27. The minimum absolute atomic E-state index is 0.454. The molecular weight excluding hydrogens is 281 g/mol. The van der Waals surface area contributed by atoms with Crippen LogP contribution in [0.2, 0.25) is 0 Å². The minimum Gasteiger partial charge on any atom is -0.330 e. The van der Waals surface area contributed by atoms with Crippen molar-refractivity contribution in [1.29, 1.82) is 0 Å². The highest BCUT2D eigenvalue weighted by molar-refractivity contribution is 7.58. The van der Waals surface area contributed by atoms with Crippen molar-refractivity contribution >= 4 is 7.37 Å². The Morgan fingerprint density at radius 1 is 1.14 bits per heavy atom. The average molecular weight is 309 g/mol. The van der Waals surface area contributed by atoms with E-state index in [1.165, 1.54) is 32.1 Å². The van der Waals surface area contributed by atoms with E-state index in [1.807, 2.05) is 30.3 Å². The molecule has 21 heavy (non-hydrogen) atoms. The first-order valence-corrected chi connectivity index (χ1v) is 10.2. The lowest BCUT2D eigenvalue weighted by Gasteiger charge is -2.27. The number of hydrogen-bond donors (Lipinski definition) is 1. The molecule has 0 aromatic heterocycles. The highest BCUT2D eigenvalue weighted by atomic mass is 31.2. The maximum atomic E-state index is 13.1. The first-order chi connectivity index (χ1) is 10.2. The maximum Gasteiger partial charge on any atom is 0.203 e. The molecular formula is C17H28NO2P. The topological polar surface area (TPSA) is 52.3 Å². The minimum atomic E-state index is -2.55. The molecule has 1 aromatic rings. The molecule has 0 amide bonds. The Morgan fingerprint density at radius 3 is 2.52 bits per heavy atom. The van der Waals surface area contributed by atoms with Crippen molar-refractivity contribution < 1.29 is 9.09 Å². The summed E-state index contributed by atoms with van der Waals surface area (Å²) in [6.45, 7) is 1.04. The summed E-state index contributed by atoms with van der Waals surface area (Å²) in [5, 5.41) is 0. The van der Waals surface area contributed by atoms with Gasteiger partial charge in [-0.05, 0) is 37.3 Å². The van der Waals surface area contributed by atoms with E-state index >= 15 is 0 Å². The first kappa shape index (κ1) is 16.7. The molecule has 1 aliphatic carbocycles. The lowest BCUT2D eigenvalue weighted by molar-refractivity contribution is 0.290. The van der Waals surface area contributed by atoms with Crippen LogP contribution in [0.4, 0.5) is 0 Å². The summed E-state index contributed by atoms with van der Waals surface area (Å²) < 4.78 is 19.1. The molecule has 3 nitrogen and oxygen atoms in total. The lowest BCUT2D eigenvalue weighted by Crippen LogP contribution is -2.15. The highest BCUT2D eigenvalue weighted by Gasteiger charge is 2.28. The summed E-state index contributed by atoms with van der Waals surface area (Å²) in [5.74, 6) is 0.582. The third kappa shape index (κ3) is 5.94. The molecule has 0 saturated heterocycles. The molecule has 1 atom stereocenters. The van der Waals surface area contributed by atoms with Crippen molar-refractivity contribution in [2.45, 2.75) is 45.1 Å². The lowest BCUT2D eigenvalue weighted by atomic mass is 9.91. The van der Waals surface area contributed by atoms with Crippen LogP contribution in [-0.2, 0) is 15.7 Å². The van der Waals surface area contributed by atoms with Gasteiger partial charge in [0, 0.05) is 12.3 Å². The fraction of sp³-hybridized carbons (Fsp3) is 0.647. The second-order valence-electron chi connectivity index (χ2n) is 6.13. The van der Waals surface area contributed by atoms with Gasteiger partial charge in [0.15, 0.2) is 0 Å². The van der Waals surface area contributed by atoms with Crippen molar-refractivity contribution in [3.05, 3.63) is 35.9 Å². The van der Waals surface area contributed by atoms with Crippen molar-refractivity contribution in [2.24, 2.45) is 11.7 Å². The Bertz CT molecular complexity index is 443. The number of benzene rings is 1. The van der Waals surface area contributed by atoms with Gasteiger partial charge in [-0.2, -0.15) is 0 Å². The molecule has 1 fully saturated rings. The quantitative estimate of drug-likeness (QED) is 0.724. The van der Waals surface area contributed by atoms with Gasteiger partial charge in [0.1, 0.15) is 0 Å². The smallest absolute Gasteiger partial charge is 0.203 e. The Labute approximate surface area is 128 Å². The van der Waals surface area contributed by atoms with Crippen LogP contribution in [0.1, 0.15) is 44.1 Å². The van der Waals surface area contributed by atoms with Gasteiger partial charge in [0.05, 0.1) is 6.61 Å². The van der Waals surface area contributed by atoms with Crippen molar-refractivity contribution in [2.75, 3.05) is 18.9 Å². The SMILES string of the molecule is NCCCP(=O)(CC1CCCCC1)OCc1ccccc1. The van der Waals surface area contributed by atoms with Crippen LogP contribution in [-0.4, -0.2) is 18.9 Å². The normalized spacial score (nSPS) is 19.3. The van der Waals surface area contributed by atoms with Crippen molar-refractivity contribution in [3.8, 4) is 0 Å². The van der Waals surface area contributed by atoms with Crippen LogP contribution in [0.15, 0.2) is 30.3 Å². The molecule has 1 unspecified atom stereocenters. The standard InChI is InChI=1S/C17H28NO2P/c18-12-7-13-21(19,15-17-10-5-2-6-11-17)20-14-16-8-3-1-4-9-16/h1,3-4,8-9,17H,2,5-7,10-15,18H2. The molecule has 1 saturated carbocycles. The van der Waals surface area contributed by atoms with Crippen LogP contribution >= 0.6 is 7.37 Å². The molecule has 1 aromatic carbocycles. The molecule has 4 heteroatoms. The summed E-state index contributed by atoms with van der Waals surface area (Å²) in [4.78, 5) is 0. The second-order valence-corrected chi connectivity index (χ2v) is 8.83. The summed E-state index contributed by atoms with van der Waals surface area (Å²) >= 11 is 0. The number of nitrogens with two attached hydrogens (primary N) is 1. The Morgan fingerprint density at radius 2 is 1.86 bits per heavy atom. The Kier molecular flexibility index (Phi) is 6.95. The van der Waals surface area contributed by atoms with Crippen LogP contribution < -0.4 is 5.73 Å². The van der Waals surface area contributed by atoms with Crippen LogP contribution in [0, 0.1) is 5.92 Å². The molecule has 0 heterocycles. The predicted molar refractivity (Wildman–Crippen MR) is 88.8 cm³/mol. The van der Waals surface area contributed by atoms with Gasteiger partial charge in [-0.1, -0.05) is 49.6 Å². The fourth-order valence-corrected chi connectivity index (χ4v) is 5.69. The van der Waals surface area contributed by atoms with Crippen LogP contribution in [0.3, 0.4) is 0 Å². The summed E-state index contributed by atoms with van der Waals surface area (Å²) in [6, 6.07) is 10.0. The van der Waals surface area contributed by atoms with Gasteiger partial charge in [-0.3, -0.25) is 4.57 Å². The summed E-state index contributed by atoms with van der Waals surface area (Å²) in [6.07, 6.45) is 8.48. The molecule has 1 aliphatic rings. The number of rotatable bonds is 8. The maximum absolute atomic E-state index is 13.1. The zero-order valence-corrected chi connectivity index (χ0v) is 13.8. The van der Waals surface area contributed by atoms with Gasteiger partial charge >= 0.3 is 0 Å². The van der Waals surface area contributed by atoms with E-state index in [1.54, 1.807) is 0 Å². The van der Waals surface area contributed by atoms with E-state index in [9.17, 15) is 4.57 Å². The molecule has 0 aliphatic heterocycles. The highest BCUT2D eigenvalue weighted by Crippen LogP contribution is 2.51. The molecule has 0 radical (unpaired) electrons. The van der Waals surface area contributed by atoms with Gasteiger partial charge in [0.25, 0.3) is 0 Å². The summed E-state index contributed by atoms with van der Waals surface area (Å²) in [7, 11) is -2.55. The fourth-order valence-electron chi connectivity index (χ4n) is 3.07. The van der Waals surface area contributed by atoms with Crippen LogP contribution in [0.5, 0.6) is 0 Å². The molecule has 2 rings (SSSR count). The van der Waals surface area contributed by atoms with E-state index in [0.29, 0.717) is 25.2 Å². The molecule has 2 N–H and O–H groups in total. The zero-order chi connectivity index (χ0) is 15.0. The zero-order valence-electron chi connectivity index (χ0n) is 12.9. The van der Waals surface area contributed by atoms with E-state index < -0.39 is 7.37 Å². The Hall–Kier alpha value is -0.630. The molecule has 0 bridgehead atoms. The predicted octanol–water partition coefficient (Wildman–Crippen LogP) is 4.41. The molecule has 0 spiro atoms. The molecule has 118 valence electrons. The van der Waals surface area contributed by atoms with E-state index in [4.69, 9.17) is 10.3 Å². The number of hydrogen-bond acceptors (Lipinski definition) is 3. The van der Waals surface area contributed by atoms with Gasteiger partial charge in [0.2, 0.25) is 7.37 Å². The van der Waals surface area contributed by atoms with Gasteiger partial charge in [-0.15, -0.1) is 0 Å². The van der Waals surface area contributed by atoms with Crippen molar-refractivity contribution in [3.63, 3.8) is 0 Å². The second kappa shape index (κ2) is 8.73. The van der Waals surface area contributed by atoms with E-state index in [2.05, 4.69) is 0 Å². The summed E-state index contributed by atoms with van der Waals surface area (Å²) in [5.41, 5.74) is 6.69. The Balaban J connectivity index is 1.92. The van der Waals surface area contributed by atoms with Crippen molar-refractivity contribution in [1.82, 2.24) is 0 Å². The monoisotopic (exact) mass is 309 g/mol. The van der Waals surface area contributed by atoms with E-state index in [-0.39, 0.29) is 0 Å². The first-order valence-electron chi connectivity index (χ1n) is 8.18. The van der Waals surface area contributed by atoms with Crippen LogP contribution in [0.25, 0.3) is 0 Å². The van der Waals surface area contributed by atoms with Gasteiger partial charge in [-0.25, -0.2) is 0 Å². The largest absolute Gasteiger partial charge is 0.330 e. The van der Waals surface area contributed by atoms with E-state index in [0.717, 1.165) is 18.1 Å². The van der Waals surface area contributed by atoms with Gasteiger partial charge < -0.3 is 10.3 Å². The average Bonchev–Trinajstić information content (AvgIpc) is 2.53. The third-order valence-corrected chi connectivity index (χ3v) is 6.94.